The van der Waals surface area contributed by atoms with Crippen LogP contribution in [-0.2, 0) is 4.79 Å². The topological polar surface area (TPSA) is 68.0 Å². The second-order valence-electron chi connectivity index (χ2n) is 5.42. The average molecular weight is 321 g/mol. The van der Waals surface area contributed by atoms with Crippen molar-refractivity contribution in [2.75, 3.05) is 16.8 Å². The minimum Gasteiger partial charge on any atom is -0.375 e. The van der Waals surface area contributed by atoms with Crippen molar-refractivity contribution in [2.45, 2.75) is 25.0 Å². The number of aromatic nitrogens is 1. The standard InChI is InChI=1S/C15H19N3OS2/c1-10-12(21-14(16)17-10)20-9-15(2,3)13(19)18-11-7-5-4-6-8-11/h4-8H,9H2,1-3H3,(H2,16,17)(H,18,19). The molecule has 2 rings (SSSR count). The number of anilines is 2. The van der Waals surface area contributed by atoms with E-state index < -0.39 is 5.41 Å². The van der Waals surface area contributed by atoms with E-state index >= 15 is 0 Å². The number of thiazole rings is 1. The number of thioether (sulfide) groups is 1. The summed E-state index contributed by atoms with van der Waals surface area (Å²) in [5.41, 5.74) is 6.97. The lowest BCUT2D eigenvalue weighted by Crippen LogP contribution is -2.32. The van der Waals surface area contributed by atoms with Crippen LogP contribution in [0.2, 0.25) is 0 Å². The van der Waals surface area contributed by atoms with Gasteiger partial charge in [0.15, 0.2) is 5.13 Å². The number of nitrogen functional groups attached to an aromatic ring is 1. The number of rotatable bonds is 5. The first-order valence-electron chi connectivity index (χ1n) is 6.61. The monoisotopic (exact) mass is 321 g/mol. The van der Waals surface area contributed by atoms with Crippen molar-refractivity contribution in [2.24, 2.45) is 5.41 Å². The quantitative estimate of drug-likeness (QED) is 0.822. The van der Waals surface area contributed by atoms with Gasteiger partial charge in [0.2, 0.25) is 5.91 Å². The van der Waals surface area contributed by atoms with Crippen LogP contribution in [0.15, 0.2) is 34.5 Å². The summed E-state index contributed by atoms with van der Waals surface area (Å²) in [5, 5.41) is 3.52. The molecule has 0 aliphatic rings. The lowest BCUT2D eigenvalue weighted by molar-refractivity contribution is -0.122. The van der Waals surface area contributed by atoms with Gasteiger partial charge in [0, 0.05) is 11.4 Å². The van der Waals surface area contributed by atoms with Crippen LogP contribution in [0.25, 0.3) is 0 Å². The van der Waals surface area contributed by atoms with Crippen LogP contribution >= 0.6 is 23.1 Å². The zero-order valence-corrected chi connectivity index (χ0v) is 14.0. The third kappa shape index (κ3) is 4.22. The van der Waals surface area contributed by atoms with Crippen LogP contribution in [0, 0.1) is 12.3 Å². The number of hydrogen-bond acceptors (Lipinski definition) is 5. The summed E-state index contributed by atoms with van der Waals surface area (Å²) in [4.78, 5) is 16.6. The highest BCUT2D eigenvalue weighted by Crippen LogP contribution is 2.35. The minimum absolute atomic E-state index is 0.0105. The van der Waals surface area contributed by atoms with Gasteiger partial charge >= 0.3 is 0 Å². The summed E-state index contributed by atoms with van der Waals surface area (Å²) < 4.78 is 1.08. The van der Waals surface area contributed by atoms with Gasteiger partial charge in [0.25, 0.3) is 0 Å². The van der Waals surface area contributed by atoms with Crippen LogP contribution in [-0.4, -0.2) is 16.6 Å². The number of carbonyl (C=O) groups is 1. The van der Waals surface area contributed by atoms with E-state index in [4.69, 9.17) is 5.73 Å². The molecule has 0 aliphatic heterocycles. The summed E-state index contributed by atoms with van der Waals surface area (Å²) in [6.45, 7) is 5.82. The number of benzene rings is 1. The molecule has 3 N–H and O–H groups in total. The van der Waals surface area contributed by atoms with Gasteiger partial charge in [-0.2, -0.15) is 0 Å². The molecule has 1 heterocycles. The molecular weight excluding hydrogens is 302 g/mol. The van der Waals surface area contributed by atoms with Gasteiger partial charge in [-0.05, 0) is 19.1 Å². The molecule has 0 saturated heterocycles. The molecule has 0 fully saturated rings. The normalized spacial score (nSPS) is 11.4. The Morgan fingerprint density at radius 3 is 2.62 bits per heavy atom. The van der Waals surface area contributed by atoms with Crippen molar-refractivity contribution in [1.29, 1.82) is 0 Å². The first-order valence-corrected chi connectivity index (χ1v) is 8.41. The summed E-state index contributed by atoms with van der Waals surface area (Å²) >= 11 is 3.10. The Morgan fingerprint density at radius 2 is 2.05 bits per heavy atom. The Labute approximate surface area is 133 Å². The highest BCUT2D eigenvalue weighted by Gasteiger charge is 2.28. The molecule has 21 heavy (non-hydrogen) atoms. The zero-order valence-electron chi connectivity index (χ0n) is 12.3. The molecule has 0 atom stereocenters. The van der Waals surface area contributed by atoms with Crippen LogP contribution in [0.1, 0.15) is 19.5 Å². The number of hydrogen-bond donors (Lipinski definition) is 2. The van der Waals surface area contributed by atoms with Crippen molar-refractivity contribution in [1.82, 2.24) is 4.98 Å². The summed E-state index contributed by atoms with van der Waals surface area (Å²) in [5.74, 6) is 0.685. The largest absolute Gasteiger partial charge is 0.375 e. The second-order valence-corrected chi connectivity index (χ2v) is 7.69. The third-order valence-corrected chi connectivity index (χ3v) is 5.79. The van der Waals surface area contributed by atoms with Crippen molar-refractivity contribution in [3.63, 3.8) is 0 Å². The maximum Gasteiger partial charge on any atom is 0.230 e. The Balaban J connectivity index is 1.97. The molecule has 0 spiro atoms. The van der Waals surface area contributed by atoms with Crippen LogP contribution in [0.3, 0.4) is 0 Å². The molecule has 0 radical (unpaired) electrons. The van der Waals surface area contributed by atoms with E-state index in [-0.39, 0.29) is 5.91 Å². The Morgan fingerprint density at radius 1 is 1.38 bits per heavy atom. The fourth-order valence-electron chi connectivity index (χ4n) is 1.67. The van der Waals surface area contributed by atoms with Crippen LogP contribution in [0.5, 0.6) is 0 Å². The molecule has 0 bridgehead atoms. The smallest absolute Gasteiger partial charge is 0.230 e. The number of carbonyl (C=O) groups excluding carboxylic acids is 1. The van der Waals surface area contributed by atoms with Crippen molar-refractivity contribution in [3.8, 4) is 0 Å². The molecule has 6 heteroatoms. The third-order valence-electron chi connectivity index (χ3n) is 2.98. The van der Waals surface area contributed by atoms with Gasteiger partial charge in [-0.1, -0.05) is 43.4 Å². The highest BCUT2D eigenvalue weighted by atomic mass is 32.2. The molecule has 112 valence electrons. The Kier molecular flexibility index (Phi) is 4.90. The van der Waals surface area contributed by atoms with Crippen molar-refractivity contribution < 1.29 is 4.79 Å². The molecule has 0 saturated carbocycles. The predicted molar refractivity (Wildman–Crippen MR) is 90.8 cm³/mol. The van der Waals surface area contributed by atoms with Crippen LogP contribution in [0.4, 0.5) is 10.8 Å². The molecule has 1 aromatic carbocycles. The van der Waals surface area contributed by atoms with Crippen molar-refractivity contribution >= 4 is 39.8 Å². The van der Waals surface area contributed by atoms with Gasteiger partial charge in [-0.3, -0.25) is 4.79 Å². The average Bonchev–Trinajstić information content (AvgIpc) is 2.76. The van der Waals surface area contributed by atoms with Gasteiger partial charge in [0.1, 0.15) is 0 Å². The van der Waals surface area contributed by atoms with E-state index in [2.05, 4.69) is 10.3 Å². The number of aryl methyl sites for hydroxylation is 1. The van der Waals surface area contributed by atoms with E-state index in [0.717, 1.165) is 15.6 Å². The fraction of sp³-hybridized carbons (Fsp3) is 0.333. The van der Waals surface area contributed by atoms with Gasteiger partial charge < -0.3 is 11.1 Å². The number of nitrogens with zero attached hydrogens (tertiary/aromatic N) is 1. The lowest BCUT2D eigenvalue weighted by Gasteiger charge is -2.22. The Hall–Kier alpha value is -1.53. The Bertz CT molecular complexity index is 623. The first kappa shape index (κ1) is 15.9. The molecule has 4 nitrogen and oxygen atoms in total. The first-order chi connectivity index (χ1) is 9.88. The lowest BCUT2D eigenvalue weighted by atomic mass is 9.95. The van der Waals surface area contributed by atoms with Gasteiger partial charge in [-0.15, -0.1) is 11.8 Å². The zero-order chi connectivity index (χ0) is 15.5. The molecule has 1 aromatic heterocycles. The SMILES string of the molecule is Cc1nc(N)sc1SCC(C)(C)C(=O)Nc1ccccc1. The van der Waals surface area contributed by atoms with E-state index in [1.165, 1.54) is 11.3 Å². The molecule has 0 aliphatic carbocycles. The number of nitrogens with one attached hydrogen (secondary N) is 1. The maximum absolute atomic E-state index is 12.4. The highest BCUT2D eigenvalue weighted by molar-refractivity contribution is 8.01. The second kappa shape index (κ2) is 6.49. The van der Waals surface area contributed by atoms with Crippen LogP contribution < -0.4 is 11.1 Å². The van der Waals surface area contributed by atoms with Gasteiger partial charge in [0.05, 0.1) is 15.3 Å². The van der Waals surface area contributed by atoms with E-state index in [0.29, 0.717) is 10.9 Å². The van der Waals surface area contributed by atoms with Gasteiger partial charge in [-0.25, -0.2) is 4.98 Å². The number of amides is 1. The summed E-state index contributed by atoms with van der Waals surface area (Å²) in [6, 6.07) is 9.50. The van der Waals surface area contributed by atoms with Crippen molar-refractivity contribution in [3.05, 3.63) is 36.0 Å². The molecular formula is C15H19N3OS2. The fourth-order valence-corrected chi connectivity index (χ4v) is 3.78. The molecule has 2 aromatic rings. The summed E-state index contributed by atoms with van der Waals surface area (Å²) in [7, 11) is 0. The van der Waals surface area contributed by atoms with E-state index in [1.54, 1.807) is 11.8 Å². The number of para-hydroxylation sites is 1. The number of nitrogens with two attached hydrogens (primary N) is 1. The minimum atomic E-state index is -0.480. The molecule has 0 unspecified atom stereocenters. The van der Waals surface area contributed by atoms with E-state index in [1.807, 2.05) is 51.1 Å². The summed E-state index contributed by atoms with van der Waals surface area (Å²) in [6.07, 6.45) is 0. The predicted octanol–water partition coefficient (Wildman–Crippen LogP) is 3.79. The maximum atomic E-state index is 12.4. The molecule has 1 amide bonds. The van der Waals surface area contributed by atoms with E-state index in [9.17, 15) is 4.79 Å².